The first kappa shape index (κ1) is 19.0. The molecule has 2 N–H and O–H groups in total. The largest absolute Gasteiger partial charge is 0.508 e. The molecule has 130 valence electrons. The van der Waals surface area contributed by atoms with Crippen molar-refractivity contribution in [1.29, 1.82) is 0 Å². The summed E-state index contributed by atoms with van der Waals surface area (Å²) in [5.41, 5.74) is 5.03. The van der Waals surface area contributed by atoms with Crippen molar-refractivity contribution >= 4 is 13.9 Å². The average Bonchev–Trinajstić information content (AvgIpc) is 2.58. The van der Waals surface area contributed by atoms with Gasteiger partial charge in [-0.15, -0.1) is 0 Å². The highest BCUT2D eigenvalue weighted by Crippen LogP contribution is 2.50. The van der Waals surface area contributed by atoms with Gasteiger partial charge in [-0.1, -0.05) is 58.3 Å². The van der Waals surface area contributed by atoms with Crippen molar-refractivity contribution in [2.45, 2.75) is 52.2 Å². The van der Waals surface area contributed by atoms with E-state index in [0.717, 1.165) is 24.9 Å². The lowest BCUT2D eigenvalue weighted by Crippen LogP contribution is -2.25. The van der Waals surface area contributed by atoms with Crippen LogP contribution >= 0.6 is 8.58 Å². The second-order valence-corrected chi connectivity index (χ2v) is 8.28. The molecule has 0 spiro atoms. The lowest BCUT2D eigenvalue weighted by atomic mass is 9.91. The summed E-state index contributed by atoms with van der Waals surface area (Å²) in [5.74, 6) is 0.431. The fraction of sp³-hybridized carbons (Fsp3) is 0.429. The Morgan fingerprint density at radius 2 is 1.79 bits per heavy atom. The van der Waals surface area contributed by atoms with Crippen molar-refractivity contribution in [1.82, 2.24) is 5.32 Å². The molecular formula is C21H30NOP. The lowest BCUT2D eigenvalue weighted by Gasteiger charge is -2.35. The number of phenolic OH excluding ortho intramolecular Hbond substituents is 1. The topological polar surface area (TPSA) is 32.3 Å². The van der Waals surface area contributed by atoms with E-state index in [9.17, 15) is 5.11 Å². The molecule has 2 aromatic rings. The highest BCUT2D eigenvalue weighted by Gasteiger charge is 2.32. The Balaban J connectivity index is 2.55. The molecule has 2 aromatic carbocycles. The van der Waals surface area contributed by atoms with E-state index in [-0.39, 0.29) is 5.16 Å². The Labute approximate surface area is 148 Å². The minimum absolute atomic E-state index is 0.00922. The van der Waals surface area contributed by atoms with Crippen molar-refractivity contribution in [2.75, 3.05) is 7.05 Å². The number of benzene rings is 2. The van der Waals surface area contributed by atoms with Gasteiger partial charge in [0.15, 0.2) is 0 Å². The Morgan fingerprint density at radius 3 is 2.42 bits per heavy atom. The molecule has 2 nitrogen and oxygen atoms in total. The van der Waals surface area contributed by atoms with Crippen LogP contribution in [0.3, 0.4) is 0 Å². The highest BCUT2D eigenvalue weighted by atomic mass is 31.1. The predicted molar refractivity (Wildman–Crippen MR) is 107 cm³/mol. The summed E-state index contributed by atoms with van der Waals surface area (Å²) >= 11 is 0. The summed E-state index contributed by atoms with van der Waals surface area (Å²) in [4.78, 5) is 0. The standard InChI is InChI=1S/C21H30NOP/c1-6-21(7-2,18-13-15(3)11-12-19(18)23)24-20-16(4)9-8-10-17(20)14-22-5/h8-13,22-24H,6-7,14H2,1-5H3. The van der Waals surface area contributed by atoms with E-state index in [1.54, 1.807) is 0 Å². The molecule has 0 aliphatic rings. The van der Waals surface area contributed by atoms with Gasteiger partial charge >= 0.3 is 0 Å². The summed E-state index contributed by atoms with van der Waals surface area (Å²) in [6.07, 6.45) is 2.04. The molecule has 0 bridgehead atoms. The summed E-state index contributed by atoms with van der Waals surface area (Å²) in [6, 6.07) is 12.6. The Kier molecular flexibility index (Phi) is 6.43. The third-order valence-electron chi connectivity index (χ3n) is 4.97. The van der Waals surface area contributed by atoms with Crippen LogP contribution in [0.2, 0.25) is 0 Å². The quantitative estimate of drug-likeness (QED) is 0.711. The molecule has 0 amide bonds. The number of hydrogen-bond donors (Lipinski definition) is 2. The number of nitrogens with one attached hydrogen (secondary N) is 1. The zero-order chi connectivity index (χ0) is 17.7. The van der Waals surface area contributed by atoms with Gasteiger partial charge in [0.05, 0.1) is 0 Å². The van der Waals surface area contributed by atoms with Crippen LogP contribution in [0.5, 0.6) is 5.75 Å². The first-order valence-corrected chi connectivity index (χ1v) is 9.78. The maximum Gasteiger partial charge on any atom is 0.119 e. The van der Waals surface area contributed by atoms with E-state index in [1.807, 2.05) is 19.2 Å². The molecule has 24 heavy (non-hydrogen) atoms. The van der Waals surface area contributed by atoms with Crippen LogP contribution in [0.15, 0.2) is 36.4 Å². The number of rotatable bonds is 7. The molecule has 2 rings (SSSR count). The number of aryl methyl sites for hydroxylation is 2. The Hall–Kier alpha value is -1.37. The van der Waals surface area contributed by atoms with E-state index in [1.165, 1.54) is 22.0 Å². The zero-order valence-corrected chi connectivity index (χ0v) is 16.5. The third-order valence-corrected chi connectivity index (χ3v) is 7.39. The van der Waals surface area contributed by atoms with E-state index in [2.05, 4.69) is 57.3 Å². The van der Waals surface area contributed by atoms with Crippen molar-refractivity contribution in [3.8, 4) is 5.75 Å². The average molecular weight is 343 g/mol. The summed E-state index contributed by atoms with van der Waals surface area (Å²) < 4.78 is 0. The second-order valence-electron chi connectivity index (χ2n) is 6.57. The minimum Gasteiger partial charge on any atom is -0.508 e. The van der Waals surface area contributed by atoms with Crippen LogP contribution < -0.4 is 10.6 Å². The molecule has 0 fully saturated rings. The number of hydrogen-bond acceptors (Lipinski definition) is 2. The first-order chi connectivity index (χ1) is 11.5. The van der Waals surface area contributed by atoms with Gasteiger partial charge in [-0.25, -0.2) is 0 Å². The van der Waals surface area contributed by atoms with Crippen molar-refractivity contribution < 1.29 is 5.11 Å². The van der Waals surface area contributed by atoms with Crippen LogP contribution in [-0.2, 0) is 11.7 Å². The van der Waals surface area contributed by atoms with Gasteiger partial charge in [0.25, 0.3) is 0 Å². The summed E-state index contributed by atoms with van der Waals surface area (Å²) in [5, 5.41) is 15.3. The summed E-state index contributed by atoms with van der Waals surface area (Å²) in [6.45, 7) is 9.67. The molecule has 0 saturated heterocycles. The highest BCUT2D eigenvalue weighted by molar-refractivity contribution is 7.48. The Bertz CT molecular complexity index is 692. The predicted octanol–water partition coefficient (Wildman–Crippen LogP) is 4.75. The minimum atomic E-state index is -0.00922. The van der Waals surface area contributed by atoms with Crippen LogP contribution in [0, 0.1) is 13.8 Å². The van der Waals surface area contributed by atoms with E-state index in [0.29, 0.717) is 14.3 Å². The normalized spacial score (nSPS) is 12.2. The Morgan fingerprint density at radius 1 is 1.08 bits per heavy atom. The van der Waals surface area contributed by atoms with Gasteiger partial charge in [0, 0.05) is 17.3 Å². The van der Waals surface area contributed by atoms with Crippen LogP contribution in [0.4, 0.5) is 0 Å². The van der Waals surface area contributed by atoms with Gasteiger partial charge in [-0.05, 0) is 56.2 Å². The van der Waals surface area contributed by atoms with Gasteiger partial charge in [0.2, 0.25) is 0 Å². The van der Waals surface area contributed by atoms with Crippen molar-refractivity contribution in [3.63, 3.8) is 0 Å². The molecule has 1 atom stereocenters. The number of aromatic hydroxyl groups is 1. The molecule has 0 saturated carbocycles. The zero-order valence-electron chi connectivity index (χ0n) is 15.5. The lowest BCUT2D eigenvalue weighted by molar-refractivity contribution is 0.448. The van der Waals surface area contributed by atoms with Gasteiger partial charge in [-0.2, -0.15) is 0 Å². The molecule has 0 aliphatic carbocycles. The molecule has 0 radical (unpaired) electrons. The smallest absolute Gasteiger partial charge is 0.119 e. The third kappa shape index (κ3) is 3.82. The van der Waals surface area contributed by atoms with Crippen molar-refractivity contribution in [2.24, 2.45) is 0 Å². The van der Waals surface area contributed by atoms with Gasteiger partial charge < -0.3 is 10.4 Å². The van der Waals surface area contributed by atoms with Crippen molar-refractivity contribution in [3.05, 3.63) is 58.7 Å². The first-order valence-electron chi connectivity index (χ1n) is 8.78. The molecule has 3 heteroatoms. The van der Waals surface area contributed by atoms with Gasteiger partial charge in [0.1, 0.15) is 5.75 Å². The summed E-state index contributed by atoms with van der Waals surface area (Å²) in [7, 11) is 2.64. The van der Waals surface area contributed by atoms with Gasteiger partial charge in [-0.3, -0.25) is 0 Å². The SMILES string of the molecule is CCC(CC)(Pc1c(C)cccc1CNC)c1cc(C)ccc1O. The monoisotopic (exact) mass is 343 g/mol. The molecule has 0 heterocycles. The molecular weight excluding hydrogens is 313 g/mol. The maximum atomic E-state index is 10.5. The van der Waals surface area contributed by atoms with Crippen LogP contribution in [0.1, 0.15) is 48.9 Å². The molecule has 0 aliphatic heterocycles. The maximum absolute atomic E-state index is 10.5. The second kappa shape index (κ2) is 8.14. The fourth-order valence-electron chi connectivity index (χ4n) is 3.39. The molecule has 1 unspecified atom stereocenters. The van der Waals surface area contributed by atoms with Crippen LogP contribution in [0.25, 0.3) is 0 Å². The number of phenols is 1. The molecule has 0 aromatic heterocycles. The fourth-order valence-corrected chi connectivity index (χ4v) is 5.17. The van der Waals surface area contributed by atoms with E-state index < -0.39 is 0 Å². The van der Waals surface area contributed by atoms with Crippen LogP contribution in [-0.4, -0.2) is 12.2 Å². The van der Waals surface area contributed by atoms with E-state index >= 15 is 0 Å². The van der Waals surface area contributed by atoms with E-state index in [4.69, 9.17) is 0 Å².